The van der Waals surface area contributed by atoms with Crippen LogP contribution in [0.25, 0.3) is 22.2 Å². The Morgan fingerprint density at radius 3 is 2.53 bits per heavy atom. The Morgan fingerprint density at radius 2 is 1.81 bits per heavy atom. The summed E-state index contributed by atoms with van der Waals surface area (Å²) in [5.74, 6) is 0.719. The summed E-state index contributed by atoms with van der Waals surface area (Å²) in [5.41, 5.74) is 3.33. The summed E-state index contributed by atoms with van der Waals surface area (Å²) in [6.07, 6.45) is -0.441. The highest BCUT2D eigenvalue weighted by Gasteiger charge is 2.33. The third-order valence-electron chi connectivity index (χ3n) is 6.07. The maximum absolute atomic E-state index is 13.4. The summed E-state index contributed by atoms with van der Waals surface area (Å²) >= 11 is 3.48. The van der Waals surface area contributed by atoms with Crippen molar-refractivity contribution in [1.82, 2.24) is 13.7 Å². The fraction of sp³-hybridized carbons (Fsp3) is 0.250. The van der Waals surface area contributed by atoms with Gasteiger partial charge in [-0.2, -0.15) is 0 Å². The predicted molar refractivity (Wildman–Crippen MR) is 126 cm³/mol. The number of nitrogens with zero attached hydrogens (tertiary/aromatic N) is 3. The van der Waals surface area contributed by atoms with Crippen molar-refractivity contribution in [3.05, 3.63) is 85.1 Å². The lowest BCUT2D eigenvalue weighted by Gasteiger charge is -2.28. The van der Waals surface area contributed by atoms with Gasteiger partial charge in [0.05, 0.1) is 36.0 Å². The second-order valence-corrected chi connectivity index (χ2v) is 8.76. The first-order chi connectivity index (χ1) is 15.4. The largest absolute Gasteiger partial charge is 0.497 e. The highest BCUT2D eigenvalue weighted by atomic mass is 79.9. The van der Waals surface area contributed by atoms with Crippen LogP contribution >= 0.6 is 15.9 Å². The molecule has 1 unspecified atom stereocenters. The number of benzene rings is 2. The Balaban J connectivity index is 1.92. The molecule has 5 rings (SSSR count). The van der Waals surface area contributed by atoms with E-state index in [1.807, 2.05) is 48.5 Å². The summed E-state index contributed by atoms with van der Waals surface area (Å²) < 4.78 is 17.4. The van der Waals surface area contributed by atoms with E-state index in [-0.39, 0.29) is 11.2 Å². The number of aryl methyl sites for hydroxylation is 1. The van der Waals surface area contributed by atoms with E-state index < -0.39 is 6.10 Å². The van der Waals surface area contributed by atoms with Crippen molar-refractivity contribution in [3.63, 3.8) is 0 Å². The summed E-state index contributed by atoms with van der Waals surface area (Å²) in [5, 5.41) is 0.519. The molecule has 0 aliphatic carbocycles. The molecule has 0 bridgehead atoms. The predicted octanol–water partition coefficient (Wildman–Crippen LogP) is 3.60. The van der Waals surface area contributed by atoms with E-state index in [9.17, 15) is 9.59 Å². The van der Waals surface area contributed by atoms with Gasteiger partial charge in [-0.15, -0.1) is 0 Å². The highest BCUT2D eigenvalue weighted by molar-refractivity contribution is 9.10. The Hall–Kier alpha value is -3.10. The number of fused-ring (bicyclic) bond motifs is 3. The van der Waals surface area contributed by atoms with Crippen LogP contribution in [0, 0.1) is 0 Å². The molecule has 0 N–H and O–H groups in total. The zero-order valence-corrected chi connectivity index (χ0v) is 19.5. The van der Waals surface area contributed by atoms with Crippen molar-refractivity contribution in [1.29, 1.82) is 0 Å². The molecule has 0 radical (unpaired) electrons. The lowest BCUT2D eigenvalue weighted by atomic mass is 10.0. The molecule has 2 aromatic carbocycles. The van der Waals surface area contributed by atoms with Crippen molar-refractivity contribution in [2.75, 3.05) is 13.7 Å². The molecule has 32 heavy (non-hydrogen) atoms. The molecule has 0 amide bonds. The molecular weight excluding hydrogens is 474 g/mol. The van der Waals surface area contributed by atoms with Crippen LogP contribution in [0.1, 0.15) is 17.4 Å². The van der Waals surface area contributed by atoms with E-state index in [1.165, 1.54) is 7.05 Å². The van der Waals surface area contributed by atoms with Gasteiger partial charge in [-0.3, -0.25) is 13.9 Å². The number of aromatic nitrogens is 3. The minimum atomic E-state index is -0.441. The van der Waals surface area contributed by atoms with E-state index in [0.29, 0.717) is 24.1 Å². The van der Waals surface area contributed by atoms with Gasteiger partial charge in [0.2, 0.25) is 0 Å². The lowest BCUT2D eigenvalue weighted by Crippen LogP contribution is -2.37. The minimum Gasteiger partial charge on any atom is -0.497 e. The molecule has 1 atom stereocenters. The van der Waals surface area contributed by atoms with Crippen molar-refractivity contribution < 1.29 is 9.47 Å². The van der Waals surface area contributed by atoms with Gasteiger partial charge >= 0.3 is 5.69 Å². The number of methoxy groups -OCH3 is 1. The van der Waals surface area contributed by atoms with Gasteiger partial charge in [-0.05, 0) is 35.4 Å². The molecule has 0 saturated heterocycles. The fourth-order valence-electron chi connectivity index (χ4n) is 4.55. The monoisotopic (exact) mass is 495 g/mol. The standard InChI is InChI=1S/C24H22BrN3O4/c1-26-20-18(23(29)27(2)24(26)30)19(14-7-9-16(25)10-8-14)28-11-12-32-22(21(20)28)15-5-4-6-17(13-15)31-3/h4-10,13,22H,11-12H2,1-3H3. The maximum Gasteiger partial charge on any atom is 0.331 e. The van der Waals surface area contributed by atoms with Crippen LogP contribution in [0.5, 0.6) is 5.75 Å². The quantitative estimate of drug-likeness (QED) is 0.435. The molecule has 1 aliphatic rings. The van der Waals surface area contributed by atoms with Crippen LogP contribution < -0.4 is 16.0 Å². The number of hydrogen-bond donors (Lipinski definition) is 0. The van der Waals surface area contributed by atoms with Crippen LogP contribution in [0.3, 0.4) is 0 Å². The van der Waals surface area contributed by atoms with Crippen LogP contribution in [0.2, 0.25) is 0 Å². The zero-order chi connectivity index (χ0) is 22.6. The van der Waals surface area contributed by atoms with Gasteiger partial charge in [0.25, 0.3) is 5.56 Å². The molecule has 1 aliphatic heterocycles. The Kier molecular flexibility index (Phi) is 5.06. The summed E-state index contributed by atoms with van der Waals surface area (Å²) in [6, 6.07) is 15.5. The molecule has 164 valence electrons. The topological polar surface area (TPSA) is 67.4 Å². The molecule has 0 spiro atoms. The fourth-order valence-corrected chi connectivity index (χ4v) is 4.81. The average Bonchev–Trinajstić information content (AvgIpc) is 3.17. The van der Waals surface area contributed by atoms with E-state index in [4.69, 9.17) is 9.47 Å². The van der Waals surface area contributed by atoms with E-state index in [1.54, 1.807) is 18.7 Å². The molecule has 0 fully saturated rings. The molecule has 7 nitrogen and oxygen atoms in total. The Bertz CT molecular complexity index is 1460. The number of ether oxygens (including phenoxy) is 2. The normalized spacial score (nSPS) is 15.7. The smallest absolute Gasteiger partial charge is 0.331 e. The molecule has 4 aromatic rings. The van der Waals surface area contributed by atoms with Crippen molar-refractivity contribution in [2.45, 2.75) is 12.6 Å². The summed E-state index contributed by atoms with van der Waals surface area (Å²) in [6.45, 7) is 1.06. The van der Waals surface area contributed by atoms with E-state index >= 15 is 0 Å². The van der Waals surface area contributed by atoms with Crippen molar-refractivity contribution in [3.8, 4) is 17.0 Å². The van der Waals surface area contributed by atoms with Crippen molar-refractivity contribution in [2.24, 2.45) is 14.1 Å². The number of rotatable bonds is 3. The van der Waals surface area contributed by atoms with Gasteiger partial charge in [0.15, 0.2) is 0 Å². The Morgan fingerprint density at radius 1 is 1.06 bits per heavy atom. The Labute approximate surface area is 192 Å². The van der Waals surface area contributed by atoms with Crippen LogP contribution in [-0.4, -0.2) is 27.4 Å². The average molecular weight is 496 g/mol. The van der Waals surface area contributed by atoms with Gasteiger partial charge < -0.3 is 14.0 Å². The minimum absolute atomic E-state index is 0.313. The third-order valence-corrected chi connectivity index (χ3v) is 6.60. The molecule has 2 aromatic heterocycles. The molecule has 3 heterocycles. The van der Waals surface area contributed by atoms with E-state index in [0.717, 1.165) is 37.3 Å². The number of halogens is 1. The van der Waals surface area contributed by atoms with Gasteiger partial charge in [-0.1, -0.05) is 40.2 Å². The van der Waals surface area contributed by atoms with Gasteiger partial charge in [0.1, 0.15) is 11.9 Å². The van der Waals surface area contributed by atoms with E-state index in [2.05, 4.69) is 20.5 Å². The third kappa shape index (κ3) is 3.05. The summed E-state index contributed by atoms with van der Waals surface area (Å²) in [4.78, 5) is 26.3. The van der Waals surface area contributed by atoms with Gasteiger partial charge in [-0.25, -0.2) is 4.79 Å². The molecule has 0 saturated carbocycles. The zero-order valence-electron chi connectivity index (χ0n) is 18.0. The lowest BCUT2D eigenvalue weighted by molar-refractivity contribution is 0.0477. The molecule has 8 heteroatoms. The second-order valence-electron chi connectivity index (χ2n) is 7.85. The SMILES string of the molecule is COc1cccc(C2OCCn3c(-c4ccc(Br)cc4)c4c(=O)n(C)c(=O)n(C)c4c32)c1. The van der Waals surface area contributed by atoms with Crippen LogP contribution in [-0.2, 0) is 25.4 Å². The maximum atomic E-state index is 13.4. The first-order valence-corrected chi connectivity index (χ1v) is 11.0. The van der Waals surface area contributed by atoms with Crippen molar-refractivity contribution >= 4 is 26.8 Å². The highest BCUT2D eigenvalue weighted by Crippen LogP contribution is 2.41. The van der Waals surface area contributed by atoms with Crippen LogP contribution in [0.4, 0.5) is 0 Å². The summed E-state index contributed by atoms with van der Waals surface area (Å²) in [7, 11) is 4.84. The first-order valence-electron chi connectivity index (χ1n) is 10.3. The number of hydrogen-bond acceptors (Lipinski definition) is 4. The second kappa shape index (κ2) is 7.79. The van der Waals surface area contributed by atoms with Gasteiger partial charge in [0, 0.05) is 25.1 Å². The van der Waals surface area contributed by atoms with Crippen LogP contribution in [0.15, 0.2) is 62.6 Å². The first kappa shape index (κ1) is 20.8. The molecular formula is C24H22BrN3O4.